The molecule has 0 unspecified atom stereocenters. The number of nitroso groups, excluding NO2 is 1. The number of nitrogens with zero attached hydrogens (tertiary/aromatic N) is 3. The van der Waals surface area contributed by atoms with Gasteiger partial charge in [0.25, 0.3) is 0 Å². The van der Waals surface area contributed by atoms with Crippen molar-refractivity contribution in [1.29, 1.82) is 0 Å². The van der Waals surface area contributed by atoms with E-state index in [1.807, 2.05) is 19.0 Å². The topological polar surface area (TPSA) is 80.8 Å². The molecule has 0 atom stereocenters. The first-order valence-electron chi connectivity index (χ1n) is 6.20. The number of hydrogen-bond donors (Lipinski definition) is 1. The molecule has 1 heterocycles. The zero-order chi connectivity index (χ0) is 15.4. The van der Waals surface area contributed by atoms with Crippen molar-refractivity contribution in [2.45, 2.75) is 6.54 Å². The molecule has 0 amide bonds. The van der Waals surface area contributed by atoms with Crippen molar-refractivity contribution in [3.05, 3.63) is 46.8 Å². The summed E-state index contributed by atoms with van der Waals surface area (Å²) in [6.45, 7) is 0.505. The fraction of sp³-hybridized carbons (Fsp3) is 0.214. The van der Waals surface area contributed by atoms with Gasteiger partial charge in [0.05, 0.1) is 5.56 Å². The van der Waals surface area contributed by atoms with E-state index < -0.39 is 5.82 Å². The van der Waals surface area contributed by atoms with E-state index in [1.54, 1.807) is 6.07 Å². The predicted octanol–water partition coefficient (Wildman–Crippen LogP) is 3.05. The van der Waals surface area contributed by atoms with Gasteiger partial charge >= 0.3 is 0 Å². The predicted molar refractivity (Wildman–Crippen MR) is 78.0 cm³/mol. The highest BCUT2D eigenvalue weighted by atomic mass is 19.1. The number of benzene rings is 1. The number of aromatic nitrogens is 1. The maximum atomic E-state index is 13.8. The molecule has 0 aliphatic carbocycles. The zero-order valence-electron chi connectivity index (χ0n) is 11.7. The molecule has 0 spiro atoms. The SMILES string of the molecule is CN(C)Cc1c(Oc2ccc(N=O)cc2F)ccnc1N. The number of ether oxygens (including phenoxy) is 1. The molecular weight excluding hydrogens is 275 g/mol. The average molecular weight is 290 g/mol. The molecule has 1 aromatic carbocycles. The fourth-order valence-corrected chi connectivity index (χ4v) is 1.81. The van der Waals surface area contributed by atoms with Crippen LogP contribution in [-0.2, 0) is 6.54 Å². The van der Waals surface area contributed by atoms with Gasteiger partial charge in [0, 0.05) is 18.8 Å². The number of rotatable bonds is 5. The molecule has 2 aromatic rings. The standard InChI is InChI=1S/C14H15FN4O2/c1-19(2)8-10-12(5-6-17-14(10)16)21-13-4-3-9(18-20)7-11(13)15/h3-7H,8H2,1-2H3,(H2,16,17). The monoisotopic (exact) mass is 290 g/mol. The molecular formula is C14H15FN4O2. The van der Waals surface area contributed by atoms with E-state index in [0.717, 1.165) is 6.07 Å². The summed E-state index contributed by atoms with van der Waals surface area (Å²) >= 11 is 0. The minimum Gasteiger partial charge on any atom is -0.454 e. The van der Waals surface area contributed by atoms with Gasteiger partial charge in [-0.15, -0.1) is 4.91 Å². The van der Waals surface area contributed by atoms with E-state index in [4.69, 9.17) is 10.5 Å². The molecule has 0 saturated heterocycles. The summed E-state index contributed by atoms with van der Waals surface area (Å²) in [5.74, 6) is 0.0704. The zero-order valence-corrected chi connectivity index (χ0v) is 11.7. The Kier molecular flexibility index (Phi) is 4.44. The van der Waals surface area contributed by atoms with Gasteiger partial charge in [-0.1, -0.05) is 0 Å². The first-order chi connectivity index (χ1) is 10.0. The molecule has 0 aliphatic rings. The van der Waals surface area contributed by atoms with Gasteiger partial charge in [-0.3, -0.25) is 0 Å². The first-order valence-corrected chi connectivity index (χ1v) is 6.20. The van der Waals surface area contributed by atoms with Crippen LogP contribution in [0.25, 0.3) is 0 Å². The summed E-state index contributed by atoms with van der Waals surface area (Å²) in [6, 6.07) is 5.35. The molecule has 0 fully saturated rings. The third-order valence-electron chi connectivity index (χ3n) is 2.76. The lowest BCUT2D eigenvalue weighted by atomic mass is 10.2. The van der Waals surface area contributed by atoms with E-state index in [1.165, 1.54) is 18.3 Å². The molecule has 7 heteroatoms. The Labute approximate surface area is 121 Å². The van der Waals surface area contributed by atoms with Crippen molar-refractivity contribution in [3.8, 4) is 11.5 Å². The maximum Gasteiger partial charge on any atom is 0.167 e. The number of halogens is 1. The van der Waals surface area contributed by atoms with Crippen molar-refractivity contribution in [2.24, 2.45) is 5.18 Å². The highest BCUT2D eigenvalue weighted by Gasteiger charge is 2.13. The Bertz CT molecular complexity index is 661. The average Bonchev–Trinajstić information content (AvgIpc) is 2.44. The molecule has 0 radical (unpaired) electrons. The van der Waals surface area contributed by atoms with Gasteiger partial charge < -0.3 is 15.4 Å². The van der Waals surface area contributed by atoms with E-state index >= 15 is 0 Å². The molecule has 6 nitrogen and oxygen atoms in total. The highest BCUT2D eigenvalue weighted by Crippen LogP contribution is 2.31. The Morgan fingerprint density at radius 1 is 1.33 bits per heavy atom. The number of nitrogen functional groups attached to an aromatic ring is 1. The Morgan fingerprint density at radius 2 is 2.10 bits per heavy atom. The second-order valence-corrected chi connectivity index (χ2v) is 4.72. The lowest BCUT2D eigenvalue weighted by Crippen LogP contribution is -2.14. The number of nitrogens with two attached hydrogens (primary N) is 1. The summed E-state index contributed by atoms with van der Waals surface area (Å²) < 4.78 is 19.4. The summed E-state index contributed by atoms with van der Waals surface area (Å²) in [5.41, 5.74) is 6.51. The van der Waals surface area contributed by atoms with Gasteiger partial charge in [-0.2, -0.15) is 0 Å². The largest absolute Gasteiger partial charge is 0.454 e. The van der Waals surface area contributed by atoms with Crippen molar-refractivity contribution >= 4 is 11.5 Å². The Morgan fingerprint density at radius 3 is 2.71 bits per heavy atom. The third kappa shape index (κ3) is 3.51. The van der Waals surface area contributed by atoms with Crippen LogP contribution in [0, 0.1) is 10.7 Å². The highest BCUT2D eigenvalue weighted by molar-refractivity contribution is 5.51. The second kappa shape index (κ2) is 6.27. The Balaban J connectivity index is 2.35. The van der Waals surface area contributed by atoms with Gasteiger partial charge in [0.1, 0.15) is 17.3 Å². The number of hydrogen-bond acceptors (Lipinski definition) is 6. The molecule has 2 N–H and O–H groups in total. The van der Waals surface area contributed by atoms with Gasteiger partial charge in [-0.05, 0) is 37.5 Å². The minimum atomic E-state index is -0.668. The van der Waals surface area contributed by atoms with Crippen LogP contribution in [0.3, 0.4) is 0 Å². The first kappa shape index (κ1) is 14.9. The van der Waals surface area contributed by atoms with Crippen LogP contribution in [0.4, 0.5) is 15.9 Å². The van der Waals surface area contributed by atoms with Gasteiger partial charge in [0.2, 0.25) is 0 Å². The molecule has 0 aliphatic heterocycles. The molecule has 0 bridgehead atoms. The van der Waals surface area contributed by atoms with Crippen LogP contribution in [0.5, 0.6) is 11.5 Å². The summed E-state index contributed by atoms with van der Waals surface area (Å²) in [4.78, 5) is 16.3. The lowest BCUT2D eigenvalue weighted by molar-refractivity contribution is 0.384. The van der Waals surface area contributed by atoms with E-state index in [9.17, 15) is 9.30 Å². The van der Waals surface area contributed by atoms with Gasteiger partial charge in [-0.25, -0.2) is 9.37 Å². The Hall–Kier alpha value is -2.54. The molecule has 21 heavy (non-hydrogen) atoms. The van der Waals surface area contributed by atoms with E-state index in [2.05, 4.69) is 10.2 Å². The summed E-state index contributed by atoms with van der Waals surface area (Å²) in [6.07, 6.45) is 1.49. The van der Waals surface area contributed by atoms with Crippen molar-refractivity contribution in [1.82, 2.24) is 9.88 Å². The molecule has 0 saturated carbocycles. The normalized spacial score (nSPS) is 10.7. The quantitative estimate of drug-likeness (QED) is 0.856. The van der Waals surface area contributed by atoms with Crippen LogP contribution >= 0.6 is 0 Å². The molecule has 110 valence electrons. The van der Waals surface area contributed by atoms with Crippen molar-refractivity contribution in [2.75, 3.05) is 19.8 Å². The van der Waals surface area contributed by atoms with E-state index in [0.29, 0.717) is 23.7 Å². The van der Waals surface area contributed by atoms with Crippen LogP contribution in [-0.4, -0.2) is 24.0 Å². The van der Waals surface area contributed by atoms with Crippen LogP contribution in [0.1, 0.15) is 5.56 Å². The van der Waals surface area contributed by atoms with Gasteiger partial charge in [0.15, 0.2) is 11.6 Å². The third-order valence-corrected chi connectivity index (χ3v) is 2.76. The minimum absolute atomic E-state index is 0.00241. The van der Waals surface area contributed by atoms with Crippen LogP contribution in [0.2, 0.25) is 0 Å². The number of pyridine rings is 1. The number of anilines is 1. The smallest absolute Gasteiger partial charge is 0.167 e. The lowest BCUT2D eigenvalue weighted by Gasteiger charge is -2.16. The maximum absolute atomic E-state index is 13.8. The summed E-state index contributed by atoms with van der Waals surface area (Å²) in [5, 5.41) is 2.67. The van der Waals surface area contributed by atoms with Crippen LogP contribution in [0.15, 0.2) is 35.6 Å². The fourth-order valence-electron chi connectivity index (χ4n) is 1.81. The van der Waals surface area contributed by atoms with Crippen molar-refractivity contribution < 1.29 is 9.13 Å². The summed E-state index contributed by atoms with van der Waals surface area (Å²) in [7, 11) is 3.75. The molecule has 1 aromatic heterocycles. The second-order valence-electron chi connectivity index (χ2n) is 4.72. The van der Waals surface area contributed by atoms with E-state index in [-0.39, 0.29) is 11.4 Å². The van der Waals surface area contributed by atoms with Crippen LogP contribution < -0.4 is 10.5 Å². The molecule has 2 rings (SSSR count). The van der Waals surface area contributed by atoms with Crippen molar-refractivity contribution in [3.63, 3.8) is 0 Å².